The number of hydrogen-bond acceptors (Lipinski definition) is 5. The molecule has 1 atom stereocenters. The summed E-state index contributed by atoms with van der Waals surface area (Å²) in [4.78, 5) is 11.9. The summed E-state index contributed by atoms with van der Waals surface area (Å²) in [5.41, 5.74) is 0.973. The van der Waals surface area contributed by atoms with E-state index in [1.165, 1.54) is 0 Å². The van der Waals surface area contributed by atoms with E-state index in [0.29, 0.717) is 19.7 Å². The van der Waals surface area contributed by atoms with Crippen LogP contribution < -0.4 is 20.1 Å². The van der Waals surface area contributed by atoms with Gasteiger partial charge in [-0.15, -0.1) is 12.4 Å². The van der Waals surface area contributed by atoms with E-state index < -0.39 is 6.10 Å². The molecular weight excluding hydrogens is 284 g/mol. The van der Waals surface area contributed by atoms with Gasteiger partial charge in [0.1, 0.15) is 6.10 Å². The fourth-order valence-corrected chi connectivity index (χ4v) is 2.09. The second-order valence-corrected chi connectivity index (χ2v) is 4.47. The number of amides is 1. The Balaban J connectivity index is 0.00000147. The van der Waals surface area contributed by atoms with Crippen LogP contribution in [-0.2, 0) is 16.1 Å². The Morgan fingerprint density at radius 1 is 1.35 bits per heavy atom. The smallest absolute Gasteiger partial charge is 0.250 e. The second-order valence-electron chi connectivity index (χ2n) is 4.47. The van der Waals surface area contributed by atoms with Crippen LogP contribution in [-0.4, -0.2) is 38.5 Å². The van der Waals surface area contributed by atoms with Crippen molar-refractivity contribution in [3.8, 4) is 11.5 Å². The average molecular weight is 301 g/mol. The number of halogens is 1. The SMILES string of the molecule is Cl.O=C(NCc1ccc2c(c1)OCO2)C1CNCCO1. The monoisotopic (exact) mass is 300 g/mol. The fourth-order valence-electron chi connectivity index (χ4n) is 2.09. The quantitative estimate of drug-likeness (QED) is 0.848. The van der Waals surface area contributed by atoms with Gasteiger partial charge in [0.25, 0.3) is 5.91 Å². The van der Waals surface area contributed by atoms with E-state index in [1.54, 1.807) is 0 Å². The van der Waals surface area contributed by atoms with Gasteiger partial charge in [-0.25, -0.2) is 0 Å². The van der Waals surface area contributed by atoms with Crippen molar-refractivity contribution in [3.05, 3.63) is 23.8 Å². The van der Waals surface area contributed by atoms with Crippen LogP contribution in [0.3, 0.4) is 0 Å². The minimum atomic E-state index is -0.400. The van der Waals surface area contributed by atoms with E-state index in [0.717, 1.165) is 23.6 Å². The summed E-state index contributed by atoms with van der Waals surface area (Å²) in [5, 5.41) is 5.99. The molecule has 1 unspecified atom stereocenters. The predicted molar refractivity (Wildman–Crippen MR) is 74.3 cm³/mol. The second kappa shape index (κ2) is 6.78. The normalized spacial score (nSPS) is 20.1. The fraction of sp³-hybridized carbons (Fsp3) is 0.462. The van der Waals surface area contributed by atoms with Crippen molar-refractivity contribution in [2.45, 2.75) is 12.6 Å². The van der Waals surface area contributed by atoms with Gasteiger partial charge in [0.05, 0.1) is 6.61 Å². The molecule has 0 spiro atoms. The molecule has 0 saturated carbocycles. The van der Waals surface area contributed by atoms with E-state index in [9.17, 15) is 4.79 Å². The molecule has 2 aliphatic rings. The third-order valence-corrected chi connectivity index (χ3v) is 3.12. The van der Waals surface area contributed by atoms with E-state index in [-0.39, 0.29) is 25.1 Å². The summed E-state index contributed by atoms with van der Waals surface area (Å²) in [5.74, 6) is 1.38. The number of hydrogen-bond donors (Lipinski definition) is 2. The number of nitrogens with one attached hydrogen (secondary N) is 2. The van der Waals surface area contributed by atoms with Crippen molar-refractivity contribution in [2.24, 2.45) is 0 Å². The largest absolute Gasteiger partial charge is 0.454 e. The molecule has 1 saturated heterocycles. The van der Waals surface area contributed by atoms with Crippen LogP contribution in [0.25, 0.3) is 0 Å². The Bertz CT molecular complexity index is 477. The minimum Gasteiger partial charge on any atom is -0.454 e. The first-order chi connectivity index (χ1) is 9.33. The van der Waals surface area contributed by atoms with Crippen molar-refractivity contribution >= 4 is 18.3 Å². The van der Waals surface area contributed by atoms with Gasteiger partial charge in [0.15, 0.2) is 11.5 Å². The van der Waals surface area contributed by atoms with Crippen molar-refractivity contribution < 1.29 is 19.0 Å². The molecule has 110 valence electrons. The van der Waals surface area contributed by atoms with Gasteiger partial charge in [0.2, 0.25) is 6.79 Å². The zero-order chi connectivity index (χ0) is 13.1. The average Bonchev–Trinajstić information content (AvgIpc) is 2.93. The lowest BCUT2D eigenvalue weighted by molar-refractivity contribution is -0.134. The summed E-state index contributed by atoms with van der Waals surface area (Å²) in [7, 11) is 0. The van der Waals surface area contributed by atoms with Crippen molar-refractivity contribution in [1.82, 2.24) is 10.6 Å². The summed E-state index contributed by atoms with van der Waals surface area (Å²) in [6, 6.07) is 5.64. The molecule has 2 N–H and O–H groups in total. The molecule has 6 nitrogen and oxygen atoms in total. The van der Waals surface area contributed by atoms with Crippen LogP contribution in [0.5, 0.6) is 11.5 Å². The maximum atomic E-state index is 11.9. The first-order valence-corrected chi connectivity index (χ1v) is 6.31. The molecule has 3 rings (SSSR count). The molecule has 2 heterocycles. The molecule has 0 aromatic heterocycles. The zero-order valence-electron chi connectivity index (χ0n) is 10.9. The molecule has 0 aliphatic carbocycles. The number of fused-ring (bicyclic) bond motifs is 1. The minimum absolute atomic E-state index is 0. The molecule has 1 fully saturated rings. The molecule has 7 heteroatoms. The highest BCUT2D eigenvalue weighted by atomic mass is 35.5. The summed E-state index contributed by atoms with van der Waals surface area (Å²) in [6.07, 6.45) is -0.400. The number of morpholine rings is 1. The Labute approximate surface area is 123 Å². The number of rotatable bonds is 3. The Morgan fingerprint density at radius 2 is 2.20 bits per heavy atom. The summed E-state index contributed by atoms with van der Waals surface area (Å²) < 4.78 is 15.9. The number of carbonyl (C=O) groups excluding carboxylic acids is 1. The van der Waals surface area contributed by atoms with Crippen molar-refractivity contribution in [2.75, 3.05) is 26.5 Å². The van der Waals surface area contributed by atoms with Crippen LogP contribution >= 0.6 is 12.4 Å². The van der Waals surface area contributed by atoms with Crippen LogP contribution in [0.2, 0.25) is 0 Å². The van der Waals surface area contributed by atoms with Gasteiger partial charge in [-0.3, -0.25) is 4.79 Å². The van der Waals surface area contributed by atoms with E-state index in [4.69, 9.17) is 14.2 Å². The molecule has 20 heavy (non-hydrogen) atoms. The van der Waals surface area contributed by atoms with Gasteiger partial charge in [-0.1, -0.05) is 6.07 Å². The lowest BCUT2D eigenvalue weighted by Gasteiger charge is -2.22. The predicted octanol–water partition coefficient (Wildman–Crippen LogP) is 0.442. The third-order valence-electron chi connectivity index (χ3n) is 3.12. The Kier molecular flexibility index (Phi) is 5.05. The maximum Gasteiger partial charge on any atom is 0.250 e. The highest BCUT2D eigenvalue weighted by Crippen LogP contribution is 2.32. The molecule has 1 aromatic carbocycles. The summed E-state index contributed by atoms with van der Waals surface area (Å²) >= 11 is 0. The van der Waals surface area contributed by atoms with Gasteiger partial charge in [-0.2, -0.15) is 0 Å². The zero-order valence-corrected chi connectivity index (χ0v) is 11.7. The number of ether oxygens (including phenoxy) is 3. The van der Waals surface area contributed by atoms with Crippen molar-refractivity contribution in [1.29, 1.82) is 0 Å². The first-order valence-electron chi connectivity index (χ1n) is 6.31. The highest BCUT2D eigenvalue weighted by molar-refractivity contribution is 5.85. The maximum absolute atomic E-state index is 11.9. The number of benzene rings is 1. The van der Waals surface area contributed by atoms with E-state index in [1.807, 2.05) is 18.2 Å². The Hall–Kier alpha value is -1.50. The van der Waals surface area contributed by atoms with Crippen LogP contribution in [0.15, 0.2) is 18.2 Å². The Morgan fingerprint density at radius 3 is 3.00 bits per heavy atom. The highest BCUT2D eigenvalue weighted by Gasteiger charge is 2.21. The standard InChI is InChI=1S/C13H16N2O4.ClH/c16-13(12-7-14-3-4-17-12)15-6-9-1-2-10-11(5-9)19-8-18-10;/h1-2,5,12,14H,3-4,6-8H2,(H,15,16);1H. The van der Waals surface area contributed by atoms with Gasteiger partial charge in [0, 0.05) is 19.6 Å². The third kappa shape index (κ3) is 3.33. The summed E-state index contributed by atoms with van der Waals surface area (Å²) in [6.45, 7) is 2.64. The first kappa shape index (κ1) is 14.9. The van der Waals surface area contributed by atoms with Crippen LogP contribution in [0, 0.1) is 0 Å². The molecule has 1 amide bonds. The van der Waals surface area contributed by atoms with E-state index >= 15 is 0 Å². The van der Waals surface area contributed by atoms with E-state index in [2.05, 4.69) is 10.6 Å². The molecule has 2 aliphatic heterocycles. The molecular formula is C13H17ClN2O4. The lowest BCUT2D eigenvalue weighted by atomic mass is 10.2. The topological polar surface area (TPSA) is 68.8 Å². The van der Waals surface area contributed by atoms with Crippen molar-refractivity contribution in [3.63, 3.8) is 0 Å². The van der Waals surface area contributed by atoms with Crippen LogP contribution in [0.1, 0.15) is 5.56 Å². The molecule has 0 radical (unpaired) electrons. The van der Waals surface area contributed by atoms with Gasteiger partial charge >= 0.3 is 0 Å². The number of carbonyl (C=O) groups is 1. The van der Waals surface area contributed by atoms with Crippen LogP contribution in [0.4, 0.5) is 0 Å². The van der Waals surface area contributed by atoms with Gasteiger partial charge in [-0.05, 0) is 17.7 Å². The molecule has 1 aromatic rings. The lowest BCUT2D eigenvalue weighted by Crippen LogP contribution is -2.47. The molecule has 0 bridgehead atoms. The van der Waals surface area contributed by atoms with Gasteiger partial charge < -0.3 is 24.8 Å².